The van der Waals surface area contributed by atoms with E-state index in [-0.39, 0.29) is 5.78 Å². The predicted molar refractivity (Wildman–Crippen MR) is 70.2 cm³/mol. The lowest BCUT2D eigenvalue weighted by Crippen LogP contribution is -2.28. The molecular formula is C13H15NOS. The molecule has 84 valence electrons. The Bertz CT molecular complexity index is 428. The number of fused-ring (bicyclic) bond motifs is 1. The number of para-hydroxylation sites is 1. The van der Waals surface area contributed by atoms with Gasteiger partial charge < -0.3 is 4.90 Å². The van der Waals surface area contributed by atoms with Crippen LogP contribution in [0.2, 0.25) is 0 Å². The van der Waals surface area contributed by atoms with Gasteiger partial charge in [-0.3, -0.25) is 4.79 Å². The summed E-state index contributed by atoms with van der Waals surface area (Å²) in [6.45, 7) is 3.02. The van der Waals surface area contributed by atoms with Gasteiger partial charge in [0.15, 0.2) is 4.99 Å². The van der Waals surface area contributed by atoms with Gasteiger partial charge in [0, 0.05) is 12.1 Å². The molecule has 0 spiro atoms. The van der Waals surface area contributed by atoms with Crippen LogP contribution in [0.25, 0.3) is 0 Å². The van der Waals surface area contributed by atoms with Gasteiger partial charge in [0.2, 0.25) is 5.78 Å². The van der Waals surface area contributed by atoms with E-state index in [1.165, 1.54) is 12.8 Å². The molecule has 0 aliphatic carbocycles. The Morgan fingerprint density at radius 2 is 2.00 bits per heavy atom. The maximum Gasteiger partial charge on any atom is 0.222 e. The van der Waals surface area contributed by atoms with Gasteiger partial charge in [-0.15, -0.1) is 0 Å². The fraction of sp³-hybridized carbons (Fsp3) is 0.385. The molecule has 0 radical (unpaired) electrons. The van der Waals surface area contributed by atoms with E-state index in [9.17, 15) is 4.79 Å². The SMILES string of the molecule is CCCCCN1C(=S)C(=O)c2ccccc21. The number of anilines is 1. The van der Waals surface area contributed by atoms with Crippen LogP contribution < -0.4 is 4.90 Å². The number of carbonyl (C=O) groups is 1. The van der Waals surface area contributed by atoms with Gasteiger partial charge in [-0.1, -0.05) is 44.1 Å². The largest absolute Gasteiger partial charge is 0.329 e. The zero-order chi connectivity index (χ0) is 11.5. The number of hydrogen-bond donors (Lipinski definition) is 0. The highest BCUT2D eigenvalue weighted by Crippen LogP contribution is 2.29. The van der Waals surface area contributed by atoms with Crippen molar-refractivity contribution in [2.75, 3.05) is 11.4 Å². The van der Waals surface area contributed by atoms with Gasteiger partial charge in [-0.2, -0.15) is 0 Å². The van der Waals surface area contributed by atoms with E-state index in [0.29, 0.717) is 4.99 Å². The number of Topliss-reactive ketones (excluding diaryl/α,β-unsaturated/α-hetero) is 1. The first-order chi connectivity index (χ1) is 7.75. The Morgan fingerprint density at radius 1 is 1.25 bits per heavy atom. The van der Waals surface area contributed by atoms with E-state index in [2.05, 4.69) is 6.92 Å². The van der Waals surface area contributed by atoms with Crippen LogP contribution in [-0.2, 0) is 0 Å². The number of ketones is 1. The molecule has 0 saturated heterocycles. The van der Waals surface area contributed by atoms with Crippen molar-refractivity contribution >= 4 is 28.7 Å². The summed E-state index contributed by atoms with van der Waals surface area (Å²) in [5.41, 5.74) is 1.73. The highest BCUT2D eigenvalue weighted by atomic mass is 32.1. The average Bonchev–Trinajstić information content (AvgIpc) is 2.55. The molecule has 1 aromatic carbocycles. The fourth-order valence-corrected chi connectivity index (χ4v) is 2.29. The normalized spacial score (nSPS) is 14.4. The smallest absolute Gasteiger partial charge is 0.222 e. The van der Waals surface area contributed by atoms with Crippen LogP contribution in [0.3, 0.4) is 0 Å². The van der Waals surface area contributed by atoms with Crippen LogP contribution in [0.1, 0.15) is 36.5 Å². The van der Waals surface area contributed by atoms with Crippen molar-refractivity contribution in [3.05, 3.63) is 29.8 Å². The molecule has 1 aromatic rings. The van der Waals surface area contributed by atoms with Crippen molar-refractivity contribution in [1.29, 1.82) is 0 Å². The Balaban J connectivity index is 2.20. The first-order valence-corrected chi connectivity index (χ1v) is 6.11. The van der Waals surface area contributed by atoms with E-state index in [0.717, 1.165) is 24.2 Å². The quantitative estimate of drug-likeness (QED) is 0.588. The summed E-state index contributed by atoms with van der Waals surface area (Å²) in [5, 5.41) is 0. The molecule has 0 atom stereocenters. The molecule has 1 aliphatic rings. The molecule has 1 aliphatic heterocycles. The summed E-state index contributed by atoms with van der Waals surface area (Å²) in [4.78, 5) is 14.3. The van der Waals surface area contributed by atoms with E-state index in [1.807, 2.05) is 29.2 Å². The molecule has 0 aromatic heterocycles. The van der Waals surface area contributed by atoms with Crippen molar-refractivity contribution in [3.63, 3.8) is 0 Å². The third-order valence-corrected chi connectivity index (χ3v) is 3.27. The number of unbranched alkanes of at least 4 members (excludes halogenated alkanes) is 2. The molecule has 0 fully saturated rings. The van der Waals surface area contributed by atoms with Crippen LogP contribution in [0.5, 0.6) is 0 Å². The summed E-state index contributed by atoms with van der Waals surface area (Å²) in [7, 11) is 0. The van der Waals surface area contributed by atoms with E-state index in [4.69, 9.17) is 12.2 Å². The van der Waals surface area contributed by atoms with E-state index in [1.54, 1.807) is 0 Å². The highest BCUT2D eigenvalue weighted by molar-refractivity contribution is 7.82. The summed E-state index contributed by atoms with van der Waals surface area (Å²) in [6, 6.07) is 7.66. The van der Waals surface area contributed by atoms with Crippen molar-refractivity contribution in [3.8, 4) is 0 Å². The van der Waals surface area contributed by atoms with Gasteiger partial charge in [0.05, 0.1) is 5.69 Å². The topological polar surface area (TPSA) is 20.3 Å². The number of hydrogen-bond acceptors (Lipinski definition) is 2. The van der Waals surface area contributed by atoms with Gasteiger partial charge in [-0.05, 0) is 18.6 Å². The molecule has 0 saturated carbocycles. The lowest BCUT2D eigenvalue weighted by Gasteiger charge is -2.17. The fourth-order valence-electron chi connectivity index (χ4n) is 1.99. The Morgan fingerprint density at radius 3 is 2.75 bits per heavy atom. The Labute approximate surface area is 101 Å². The molecule has 3 heteroatoms. The van der Waals surface area contributed by atoms with Gasteiger partial charge in [0.1, 0.15) is 0 Å². The molecule has 1 heterocycles. The number of benzene rings is 1. The van der Waals surface area contributed by atoms with E-state index >= 15 is 0 Å². The second kappa shape index (κ2) is 4.74. The first-order valence-electron chi connectivity index (χ1n) is 5.71. The first kappa shape index (κ1) is 11.3. The minimum absolute atomic E-state index is 0.00194. The lowest BCUT2D eigenvalue weighted by molar-refractivity contribution is 0.107. The van der Waals surface area contributed by atoms with Crippen molar-refractivity contribution in [2.45, 2.75) is 26.2 Å². The minimum Gasteiger partial charge on any atom is -0.329 e. The maximum absolute atomic E-state index is 11.9. The van der Waals surface area contributed by atoms with Gasteiger partial charge in [-0.25, -0.2) is 0 Å². The molecule has 0 amide bonds. The predicted octanol–water partition coefficient (Wildman–Crippen LogP) is 3.21. The zero-order valence-corrected chi connectivity index (χ0v) is 10.2. The number of carbonyl (C=O) groups excluding carboxylic acids is 1. The molecular weight excluding hydrogens is 218 g/mol. The zero-order valence-electron chi connectivity index (χ0n) is 9.40. The number of nitrogens with zero attached hydrogens (tertiary/aromatic N) is 1. The second-order valence-corrected chi connectivity index (χ2v) is 4.40. The van der Waals surface area contributed by atoms with Crippen LogP contribution in [0.15, 0.2) is 24.3 Å². The summed E-state index contributed by atoms with van der Waals surface area (Å²) in [6.07, 6.45) is 3.43. The third-order valence-electron chi connectivity index (χ3n) is 2.86. The Hall–Kier alpha value is -1.22. The van der Waals surface area contributed by atoms with Crippen molar-refractivity contribution < 1.29 is 4.79 Å². The maximum atomic E-state index is 11.9. The van der Waals surface area contributed by atoms with Crippen LogP contribution >= 0.6 is 12.2 Å². The molecule has 0 bridgehead atoms. The minimum atomic E-state index is 0.00194. The third kappa shape index (κ3) is 1.87. The van der Waals surface area contributed by atoms with Crippen molar-refractivity contribution in [1.82, 2.24) is 0 Å². The summed E-state index contributed by atoms with van der Waals surface area (Å²) in [5.74, 6) is 0.00194. The summed E-state index contributed by atoms with van der Waals surface area (Å²) >= 11 is 5.19. The van der Waals surface area contributed by atoms with E-state index < -0.39 is 0 Å². The Kier molecular flexibility index (Phi) is 3.34. The van der Waals surface area contributed by atoms with Crippen LogP contribution in [-0.4, -0.2) is 17.3 Å². The molecule has 2 nitrogen and oxygen atoms in total. The number of thiocarbonyl (C=S) groups is 1. The van der Waals surface area contributed by atoms with Gasteiger partial charge in [0.25, 0.3) is 0 Å². The lowest BCUT2D eigenvalue weighted by atomic mass is 10.1. The molecule has 2 rings (SSSR count). The molecule has 0 N–H and O–H groups in total. The van der Waals surface area contributed by atoms with Crippen LogP contribution in [0, 0.1) is 0 Å². The average molecular weight is 233 g/mol. The van der Waals surface area contributed by atoms with Crippen molar-refractivity contribution in [2.24, 2.45) is 0 Å². The summed E-state index contributed by atoms with van der Waals surface area (Å²) < 4.78 is 0. The monoisotopic (exact) mass is 233 g/mol. The van der Waals surface area contributed by atoms with Gasteiger partial charge >= 0.3 is 0 Å². The van der Waals surface area contributed by atoms with Crippen LogP contribution in [0.4, 0.5) is 5.69 Å². The highest BCUT2D eigenvalue weighted by Gasteiger charge is 2.31. The molecule has 16 heavy (non-hydrogen) atoms. The number of rotatable bonds is 4. The second-order valence-electron chi connectivity index (χ2n) is 4.01. The standard InChI is InChI=1S/C13H15NOS/c1-2-3-6-9-14-11-8-5-4-7-10(11)12(15)13(14)16/h4-5,7-8H,2-3,6,9H2,1H3. The molecule has 0 unspecified atom stereocenters.